The monoisotopic (exact) mass is 299 g/mol. The summed E-state index contributed by atoms with van der Waals surface area (Å²) in [4.78, 5) is 22.8. The normalized spacial score (nSPS) is 18.1. The molecule has 2 amide bonds. The van der Waals surface area contributed by atoms with Gasteiger partial charge in [0.1, 0.15) is 5.82 Å². The third kappa shape index (κ3) is 3.37. The van der Waals surface area contributed by atoms with Crippen molar-refractivity contribution in [1.29, 1.82) is 0 Å². The van der Waals surface area contributed by atoms with Crippen molar-refractivity contribution < 1.29 is 14.0 Å². The van der Waals surface area contributed by atoms with Gasteiger partial charge >= 0.3 is 0 Å². The average molecular weight is 300 g/mol. The smallest absolute Gasteiger partial charge is 0.234 e. The van der Waals surface area contributed by atoms with Gasteiger partial charge in [-0.25, -0.2) is 4.39 Å². The number of hydrogen-bond acceptors (Lipinski definition) is 2. The van der Waals surface area contributed by atoms with Gasteiger partial charge < -0.3 is 0 Å². The van der Waals surface area contributed by atoms with Crippen molar-refractivity contribution in [2.75, 3.05) is 0 Å². The molecule has 1 heterocycles. The molecule has 1 fully saturated rings. The van der Waals surface area contributed by atoms with Crippen molar-refractivity contribution in [3.05, 3.63) is 34.1 Å². The molecule has 3 nitrogen and oxygen atoms in total. The average Bonchev–Trinajstić information content (AvgIpc) is 2.45. The number of benzene rings is 1. The molecule has 1 atom stereocenters. The van der Waals surface area contributed by atoms with E-state index in [0.717, 1.165) is 0 Å². The van der Waals surface area contributed by atoms with Gasteiger partial charge in [-0.15, -0.1) is 0 Å². The first-order valence-electron chi connectivity index (χ1n) is 6.85. The Hall–Kier alpha value is -1.42. The van der Waals surface area contributed by atoms with Gasteiger partial charge in [0, 0.05) is 6.42 Å². The number of amides is 2. The molecular formula is C15H19ClFNO2. The minimum Gasteiger partial charge on any atom is -0.296 e. The molecule has 1 aliphatic heterocycles. The van der Waals surface area contributed by atoms with E-state index in [1.165, 1.54) is 0 Å². The zero-order valence-electron chi connectivity index (χ0n) is 11.9. The van der Waals surface area contributed by atoms with Gasteiger partial charge in [0.15, 0.2) is 0 Å². The number of hydrogen-bond donors (Lipinski definition) is 1. The third-order valence-electron chi connectivity index (χ3n) is 3.19. The molecule has 0 aromatic heterocycles. The maximum absolute atomic E-state index is 13.9. The molecule has 0 radical (unpaired) electrons. The Morgan fingerprint density at radius 2 is 2.00 bits per heavy atom. The molecule has 20 heavy (non-hydrogen) atoms. The molecule has 2 rings (SSSR count). The predicted octanol–water partition coefficient (Wildman–Crippen LogP) is 3.59. The first-order chi connectivity index (χ1) is 9.54. The van der Waals surface area contributed by atoms with Crippen molar-refractivity contribution in [2.24, 2.45) is 0 Å². The minimum absolute atomic E-state index is 0.0103. The van der Waals surface area contributed by atoms with Gasteiger partial charge in [-0.1, -0.05) is 44.5 Å². The number of halogens is 2. The van der Waals surface area contributed by atoms with Crippen LogP contribution in [-0.2, 0) is 16.0 Å². The number of carbonyl (C=O) groups is 2. The maximum Gasteiger partial charge on any atom is 0.234 e. The van der Waals surface area contributed by atoms with Crippen LogP contribution in [0.25, 0.3) is 0 Å². The molecule has 1 saturated heterocycles. The van der Waals surface area contributed by atoms with E-state index < -0.39 is 17.6 Å². The predicted molar refractivity (Wildman–Crippen MR) is 77.3 cm³/mol. The fourth-order valence-corrected chi connectivity index (χ4v) is 2.45. The summed E-state index contributed by atoms with van der Waals surface area (Å²) in [6, 6.07) is 3.31. The Morgan fingerprint density at radius 3 is 2.55 bits per heavy atom. The molecule has 1 aliphatic rings. The van der Waals surface area contributed by atoms with Crippen LogP contribution in [0.15, 0.2) is 12.1 Å². The van der Waals surface area contributed by atoms with Crippen molar-refractivity contribution >= 4 is 23.4 Å². The van der Waals surface area contributed by atoms with E-state index >= 15 is 0 Å². The number of rotatable bonds is 2. The highest BCUT2D eigenvalue weighted by Crippen LogP contribution is 2.33. The Balaban J connectivity index is 0.000000956. The molecule has 0 spiro atoms. The van der Waals surface area contributed by atoms with Crippen molar-refractivity contribution in [3.63, 3.8) is 0 Å². The summed E-state index contributed by atoms with van der Waals surface area (Å²) in [5.41, 5.74) is 0.979. The molecule has 1 aromatic carbocycles. The fourth-order valence-electron chi connectivity index (χ4n) is 2.14. The van der Waals surface area contributed by atoms with Crippen LogP contribution < -0.4 is 5.32 Å². The van der Waals surface area contributed by atoms with Crippen LogP contribution in [-0.4, -0.2) is 11.8 Å². The van der Waals surface area contributed by atoms with Gasteiger partial charge in [-0.2, -0.15) is 0 Å². The van der Waals surface area contributed by atoms with Crippen LogP contribution in [0.5, 0.6) is 0 Å². The highest BCUT2D eigenvalue weighted by molar-refractivity contribution is 6.32. The van der Waals surface area contributed by atoms with Gasteiger partial charge in [0.25, 0.3) is 0 Å². The van der Waals surface area contributed by atoms with Crippen molar-refractivity contribution in [3.8, 4) is 0 Å². The summed E-state index contributed by atoms with van der Waals surface area (Å²) in [7, 11) is 0. The number of carbonyl (C=O) groups excluding carboxylic acids is 2. The summed E-state index contributed by atoms with van der Waals surface area (Å²) >= 11 is 5.97. The lowest BCUT2D eigenvalue weighted by Gasteiger charge is -2.22. The van der Waals surface area contributed by atoms with E-state index in [-0.39, 0.29) is 17.4 Å². The molecule has 0 saturated carbocycles. The number of imide groups is 1. The van der Waals surface area contributed by atoms with Crippen molar-refractivity contribution in [1.82, 2.24) is 5.32 Å². The van der Waals surface area contributed by atoms with Crippen LogP contribution in [0.3, 0.4) is 0 Å². The highest BCUT2D eigenvalue weighted by Gasteiger charge is 2.30. The summed E-state index contributed by atoms with van der Waals surface area (Å²) in [6.07, 6.45) is 1.17. The largest absolute Gasteiger partial charge is 0.296 e. The lowest BCUT2D eigenvalue weighted by Crippen LogP contribution is -2.39. The second kappa shape index (κ2) is 7.39. The van der Waals surface area contributed by atoms with E-state index in [0.29, 0.717) is 24.0 Å². The molecule has 110 valence electrons. The second-order valence-electron chi connectivity index (χ2n) is 4.30. The SMILES string of the molecule is CC.CCc1ccc(C2CCC(=O)NC2=O)c(Cl)c1F. The van der Waals surface area contributed by atoms with Crippen LogP contribution in [0.2, 0.25) is 5.02 Å². The Labute approximate surface area is 123 Å². The zero-order chi connectivity index (χ0) is 15.3. The summed E-state index contributed by atoms with van der Waals surface area (Å²) in [5, 5.41) is 2.23. The first kappa shape index (κ1) is 16.6. The van der Waals surface area contributed by atoms with E-state index in [9.17, 15) is 14.0 Å². The molecule has 1 aromatic rings. The van der Waals surface area contributed by atoms with E-state index in [1.807, 2.05) is 20.8 Å². The Morgan fingerprint density at radius 1 is 1.35 bits per heavy atom. The topological polar surface area (TPSA) is 46.2 Å². The Bertz CT molecular complexity index is 517. The van der Waals surface area contributed by atoms with Gasteiger partial charge in [0.05, 0.1) is 10.9 Å². The highest BCUT2D eigenvalue weighted by atomic mass is 35.5. The second-order valence-corrected chi connectivity index (χ2v) is 4.68. The van der Waals surface area contributed by atoms with Crippen LogP contribution in [0.1, 0.15) is 50.7 Å². The van der Waals surface area contributed by atoms with E-state index in [2.05, 4.69) is 5.32 Å². The van der Waals surface area contributed by atoms with Gasteiger partial charge in [-0.05, 0) is 24.0 Å². The quantitative estimate of drug-likeness (QED) is 0.848. The van der Waals surface area contributed by atoms with Crippen LogP contribution in [0, 0.1) is 5.82 Å². The van der Waals surface area contributed by atoms with Crippen LogP contribution in [0.4, 0.5) is 4.39 Å². The standard InChI is InChI=1S/C13H13ClFNO2.C2H6/c1-2-7-3-4-8(11(14)12(7)15)9-5-6-10(17)16-13(9)18;1-2/h3-4,9H,2,5-6H2,1H3,(H,16,17,18);1-2H3. The molecule has 1 unspecified atom stereocenters. The molecule has 1 N–H and O–H groups in total. The van der Waals surface area contributed by atoms with E-state index in [4.69, 9.17) is 11.6 Å². The van der Waals surface area contributed by atoms with Crippen LogP contribution >= 0.6 is 11.6 Å². The fraction of sp³-hybridized carbons (Fsp3) is 0.467. The molecular weight excluding hydrogens is 281 g/mol. The minimum atomic E-state index is -0.546. The summed E-state index contributed by atoms with van der Waals surface area (Å²) < 4.78 is 13.9. The summed E-state index contributed by atoms with van der Waals surface area (Å²) in [6.45, 7) is 5.83. The lowest BCUT2D eigenvalue weighted by atomic mass is 9.89. The maximum atomic E-state index is 13.9. The number of aryl methyl sites for hydroxylation is 1. The van der Waals surface area contributed by atoms with Crippen molar-refractivity contribution in [2.45, 2.75) is 46.0 Å². The number of piperidine rings is 1. The zero-order valence-corrected chi connectivity index (χ0v) is 12.7. The first-order valence-corrected chi connectivity index (χ1v) is 7.22. The number of nitrogens with one attached hydrogen (secondary N) is 1. The van der Waals surface area contributed by atoms with E-state index in [1.54, 1.807) is 12.1 Å². The lowest BCUT2D eigenvalue weighted by molar-refractivity contribution is -0.134. The molecule has 5 heteroatoms. The van der Waals surface area contributed by atoms with Gasteiger partial charge in [-0.3, -0.25) is 14.9 Å². The molecule has 0 aliphatic carbocycles. The Kier molecular flexibility index (Phi) is 6.14. The third-order valence-corrected chi connectivity index (χ3v) is 3.57. The summed E-state index contributed by atoms with van der Waals surface area (Å²) in [5.74, 6) is -1.72. The van der Waals surface area contributed by atoms with Gasteiger partial charge in [0.2, 0.25) is 11.8 Å². The molecule has 0 bridgehead atoms.